The molecule has 1 amide bonds. The van der Waals surface area contributed by atoms with Crippen LogP contribution in [0.25, 0.3) is 0 Å². The molecule has 2 N–H and O–H groups in total. The number of carbonyl (C=O) groups excluding carboxylic acids is 1. The number of rotatable bonds is 9. The summed E-state index contributed by atoms with van der Waals surface area (Å²) in [5, 5.41) is 11.6. The minimum absolute atomic E-state index is 0.0718. The third-order valence-electron chi connectivity index (χ3n) is 4.61. The number of hydrogen-bond acceptors (Lipinski definition) is 3. The summed E-state index contributed by atoms with van der Waals surface area (Å²) >= 11 is 0. The molecule has 0 bridgehead atoms. The summed E-state index contributed by atoms with van der Waals surface area (Å²) in [5.41, 5.74) is 0.974. The van der Waals surface area contributed by atoms with E-state index >= 15 is 0 Å². The number of carboxylic acid groups (broad SMARTS) is 1. The monoisotopic (exact) mass is 333 g/mol. The molecule has 1 saturated carbocycles. The molecular formula is C19H27NO4. The largest absolute Gasteiger partial charge is 0.482 e. The van der Waals surface area contributed by atoms with Crippen molar-refractivity contribution in [2.24, 2.45) is 5.92 Å². The molecule has 2 rings (SSSR count). The molecule has 1 aliphatic carbocycles. The molecular weight excluding hydrogens is 306 g/mol. The summed E-state index contributed by atoms with van der Waals surface area (Å²) in [6, 6.07) is 7.07. The van der Waals surface area contributed by atoms with Crippen LogP contribution in [0.15, 0.2) is 24.3 Å². The van der Waals surface area contributed by atoms with Crippen LogP contribution in [0.4, 0.5) is 0 Å². The molecule has 1 aliphatic rings. The summed E-state index contributed by atoms with van der Waals surface area (Å²) in [6.45, 7) is 1.59. The minimum Gasteiger partial charge on any atom is -0.482 e. The van der Waals surface area contributed by atoms with Gasteiger partial charge in [0.2, 0.25) is 5.91 Å². The fourth-order valence-electron chi connectivity index (χ4n) is 3.25. The van der Waals surface area contributed by atoms with Gasteiger partial charge >= 0.3 is 5.97 Å². The van der Waals surface area contributed by atoms with Crippen LogP contribution in [0, 0.1) is 5.92 Å². The molecule has 24 heavy (non-hydrogen) atoms. The number of carbonyl (C=O) groups is 2. The number of ether oxygens (including phenoxy) is 1. The van der Waals surface area contributed by atoms with Gasteiger partial charge in [-0.1, -0.05) is 37.8 Å². The molecule has 1 atom stereocenters. The van der Waals surface area contributed by atoms with Gasteiger partial charge in [-0.3, -0.25) is 4.79 Å². The van der Waals surface area contributed by atoms with Gasteiger partial charge in [0, 0.05) is 6.42 Å². The van der Waals surface area contributed by atoms with E-state index in [9.17, 15) is 9.59 Å². The predicted molar refractivity (Wildman–Crippen MR) is 91.9 cm³/mol. The van der Waals surface area contributed by atoms with E-state index in [0.717, 1.165) is 24.3 Å². The Kier molecular flexibility index (Phi) is 7.09. The Morgan fingerprint density at radius 1 is 1.25 bits per heavy atom. The van der Waals surface area contributed by atoms with Gasteiger partial charge < -0.3 is 15.2 Å². The SMILES string of the molecule is CC(NC(=O)CCCC1CCCC1)c1ccc(OCC(=O)O)cc1. The third-order valence-corrected chi connectivity index (χ3v) is 4.61. The van der Waals surface area contributed by atoms with Gasteiger partial charge in [0.1, 0.15) is 5.75 Å². The van der Waals surface area contributed by atoms with Crippen molar-refractivity contribution in [2.75, 3.05) is 6.61 Å². The lowest BCUT2D eigenvalue weighted by atomic mass is 10.0. The van der Waals surface area contributed by atoms with E-state index in [1.807, 2.05) is 19.1 Å². The van der Waals surface area contributed by atoms with Crippen LogP contribution < -0.4 is 10.1 Å². The van der Waals surface area contributed by atoms with E-state index in [0.29, 0.717) is 12.2 Å². The van der Waals surface area contributed by atoms with Gasteiger partial charge in [0.05, 0.1) is 6.04 Å². The quantitative estimate of drug-likeness (QED) is 0.723. The smallest absolute Gasteiger partial charge is 0.341 e. The standard InChI is InChI=1S/C19H27NO4/c1-14(16-9-11-17(12-10-16)24-13-19(22)23)20-18(21)8-4-7-15-5-2-3-6-15/h9-12,14-15H,2-8,13H2,1H3,(H,20,21)(H,22,23). The molecule has 5 heteroatoms. The Morgan fingerprint density at radius 2 is 1.92 bits per heavy atom. The normalized spacial score (nSPS) is 15.9. The first-order valence-electron chi connectivity index (χ1n) is 8.78. The highest BCUT2D eigenvalue weighted by atomic mass is 16.5. The Balaban J connectivity index is 1.71. The average Bonchev–Trinajstić information content (AvgIpc) is 3.06. The van der Waals surface area contributed by atoms with Gasteiger partial charge in [0.15, 0.2) is 6.61 Å². The lowest BCUT2D eigenvalue weighted by Gasteiger charge is -2.15. The van der Waals surface area contributed by atoms with Gasteiger partial charge in [-0.15, -0.1) is 0 Å². The van der Waals surface area contributed by atoms with E-state index in [1.54, 1.807) is 12.1 Å². The zero-order chi connectivity index (χ0) is 17.4. The number of benzene rings is 1. The Morgan fingerprint density at radius 3 is 2.54 bits per heavy atom. The van der Waals surface area contributed by atoms with E-state index in [2.05, 4.69) is 5.32 Å². The zero-order valence-electron chi connectivity index (χ0n) is 14.3. The summed E-state index contributed by atoms with van der Waals surface area (Å²) in [6.07, 6.45) is 8.06. The van der Waals surface area contributed by atoms with Crippen LogP contribution >= 0.6 is 0 Å². The maximum Gasteiger partial charge on any atom is 0.341 e. The molecule has 1 unspecified atom stereocenters. The summed E-state index contributed by atoms with van der Waals surface area (Å²) < 4.78 is 5.10. The van der Waals surface area contributed by atoms with Crippen molar-refractivity contribution in [3.63, 3.8) is 0 Å². The second-order valence-electron chi connectivity index (χ2n) is 6.58. The molecule has 0 heterocycles. The van der Waals surface area contributed by atoms with Crippen molar-refractivity contribution >= 4 is 11.9 Å². The maximum absolute atomic E-state index is 12.0. The second kappa shape index (κ2) is 9.30. The van der Waals surface area contributed by atoms with Gasteiger partial charge in [-0.05, 0) is 43.4 Å². The highest BCUT2D eigenvalue weighted by Crippen LogP contribution is 2.29. The number of aliphatic carboxylic acids is 1. The van der Waals surface area contributed by atoms with E-state index in [-0.39, 0.29) is 18.6 Å². The molecule has 0 aromatic heterocycles. The number of hydrogen-bond donors (Lipinski definition) is 2. The molecule has 0 aliphatic heterocycles. The van der Waals surface area contributed by atoms with Crippen LogP contribution in [-0.4, -0.2) is 23.6 Å². The van der Waals surface area contributed by atoms with Crippen molar-refractivity contribution in [1.82, 2.24) is 5.32 Å². The molecule has 5 nitrogen and oxygen atoms in total. The number of nitrogens with one attached hydrogen (secondary N) is 1. The van der Waals surface area contributed by atoms with Gasteiger partial charge in [-0.2, -0.15) is 0 Å². The highest BCUT2D eigenvalue weighted by molar-refractivity contribution is 5.76. The van der Waals surface area contributed by atoms with Crippen LogP contribution in [0.1, 0.15) is 63.5 Å². The van der Waals surface area contributed by atoms with Crippen LogP contribution in [0.5, 0.6) is 5.75 Å². The van der Waals surface area contributed by atoms with Crippen molar-refractivity contribution < 1.29 is 19.4 Å². The first-order valence-corrected chi connectivity index (χ1v) is 8.78. The summed E-state index contributed by atoms with van der Waals surface area (Å²) in [5.74, 6) is 0.425. The van der Waals surface area contributed by atoms with E-state index < -0.39 is 5.97 Å². The summed E-state index contributed by atoms with van der Waals surface area (Å²) in [7, 11) is 0. The zero-order valence-corrected chi connectivity index (χ0v) is 14.3. The average molecular weight is 333 g/mol. The molecule has 1 aromatic rings. The van der Waals surface area contributed by atoms with Crippen LogP contribution in [0.2, 0.25) is 0 Å². The molecule has 132 valence electrons. The van der Waals surface area contributed by atoms with E-state index in [1.165, 1.54) is 25.7 Å². The maximum atomic E-state index is 12.0. The van der Waals surface area contributed by atoms with Crippen molar-refractivity contribution in [3.8, 4) is 5.75 Å². The Hall–Kier alpha value is -2.04. The molecule has 1 aromatic carbocycles. The van der Waals surface area contributed by atoms with Crippen LogP contribution in [0.3, 0.4) is 0 Å². The summed E-state index contributed by atoms with van der Waals surface area (Å²) in [4.78, 5) is 22.5. The minimum atomic E-state index is -1.00. The first kappa shape index (κ1) is 18.3. The lowest BCUT2D eigenvalue weighted by Crippen LogP contribution is -2.26. The highest BCUT2D eigenvalue weighted by Gasteiger charge is 2.15. The molecule has 1 fully saturated rings. The van der Waals surface area contributed by atoms with Crippen LogP contribution in [-0.2, 0) is 9.59 Å². The molecule has 0 saturated heterocycles. The second-order valence-corrected chi connectivity index (χ2v) is 6.58. The Labute approximate surface area is 143 Å². The van der Waals surface area contributed by atoms with Crippen molar-refractivity contribution in [3.05, 3.63) is 29.8 Å². The number of amides is 1. The molecule has 0 spiro atoms. The fraction of sp³-hybridized carbons (Fsp3) is 0.579. The Bertz CT molecular complexity index is 535. The van der Waals surface area contributed by atoms with Gasteiger partial charge in [0.25, 0.3) is 0 Å². The number of carboxylic acids is 1. The topological polar surface area (TPSA) is 75.6 Å². The molecule has 0 radical (unpaired) electrons. The fourth-order valence-corrected chi connectivity index (χ4v) is 3.25. The predicted octanol–water partition coefficient (Wildman–Crippen LogP) is 3.69. The first-order chi connectivity index (χ1) is 11.5. The van der Waals surface area contributed by atoms with Crippen molar-refractivity contribution in [2.45, 2.75) is 57.9 Å². The van der Waals surface area contributed by atoms with E-state index in [4.69, 9.17) is 9.84 Å². The lowest BCUT2D eigenvalue weighted by molar-refractivity contribution is -0.139. The third kappa shape index (κ3) is 6.22. The van der Waals surface area contributed by atoms with Gasteiger partial charge in [-0.25, -0.2) is 4.79 Å². The van der Waals surface area contributed by atoms with Crippen molar-refractivity contribution in [1.29, 1.82) is 0 Å².